The van der Waals surface area contributed by atoms with Crippen molar-refractivity contribution in [2.24, 2.45) is 7.05 Å². The Hall–Kier alpha value is -1.61. The lowest BCUT2D eigenvalue weighted by Gasteiger charge is -2.16. The smallest absolute Gasteiger partial charge is 0.0639 e. The van der Waals surface area contributed by atoms with Gasteiger partial charge in [-0.2, -0.15) is 5.10 Å². The number of nitrogens with zero attached hydrogens (tertiary/aromatic N) is 2. The van der Waals surface area contributed by atoms with Crippen LogP contribution >= 0.6 is 0 Å². The third kappa shape index (κ3) is 4.82. The van der Waals surface area contributed by atoms with Gasteiger partial charge in [0.2, 0.25) is 0 Å². The number of hydrogen-bond acceptors (Lipinski definition) is 2. The Kier molecular flexibility index (Phi) is 5.81. The highest BCUT2D eigenvalue weighted by atomic mass is 15.2. The van der Waals surface area contributed by atoms with Gasteiger partial charge >= 0.3 is 0 Å². The van der Waals surface area contributed by atoms with Crippen molar-refractivity contribution >= 4 is 0 Å². The fourth-order valence-electron chi connectivity index (χ4n) is 2.59. The lowest BCUT2D eigenvalue weighted by Crippen LogP contribution is -2.31. The monoisotopic (exact) mass is 271 g/mol. The van der Waals surface area contributed by atoms with Crippen LogP contribution in [0.5, 0.6) is 0 Å². The summed E-state index contributed by atoms with van der Waals surface area (Å²) >= 11 is 0. The minimum absolute atomic E-state index is 0.526. The molecule has 1 N–H and O–H groups in total. The maximum absolute atomic E-state index is 4.48. The minimum atomic E-state index is 0.526. The van der Waals surface area contributed by atoms with Crippen molar-refractivity contribution in [2.45, 2.75) is 38.6 Å². The number of rotatable bonds is 8. The van der Waals surface area contributed by atoms with Gasteiger partial charge in [0.15, 0.2) is 0 Å². The highest BCUT2D eigenvalue weighted by Crippen LogP contribution is 2.10. The molecular formula is C17H25N3. The van der Waals surface area contributed by atoms with E-state index in [1.165, 1.54) is 24.1 Å². The number of nitrogens with one attached hydrogen (secondary N) is 1. The second-order valence-corrected chi connectivity index (χ2v) is 5.32. The SMILES string of the molecule is CCNC(CCCc1ccccc1)Cc1ccn(C)n1. The highest BCUT2D eigenvalue weighted by Gasteiger charge is 2.10. The summed E-state index contributed by atoms with van der Waals surface area (Å²) in [6, 6.07) is 13.4. The van der Waals surface area contributed by atoms with Gasteiger partial charge in [0.05, 0.1) is 5.69 Å². The average molecular weight is 271 g/mol. The highest BCUT2D eigenvalue weighted by molar-refractivity contribution is 5.14. The zero-order valence-corrected chi connectivity index (χ0v) is 12.5. The number of hydrogen-bond donors (Lipinski definition) is 1. The molecule has 0 aliphatic heterocycles. The van der Waals surface area contributed by atoms with Crippen LogP contribution in [0.3, 0.4) is 0 Å². The molecular weight excluding hydrogens is 246 g/mol. The van der Waals surface area contributed by atoms with Crippen LogP contribution in [0.15, 0.2) is 42.6 Å². The van der Waals surface area contributed by atoms with Gasteiger partial charge in [-0.3, -0.25) is 4.68 Å². The molecule has 0 saturated carbocycles. The van der Waals surface area contributed by atoms with Gasteiger partial charge in [0.25, 0.3) is 0 Å². The first kappa shape index (κ1) is 14.8. The molecule has 1 aromatic heterocycles. The van der Waals surface area contributed by atoms with E-state index in [4.69, 9.17) is 0 Å². The molecule has 108 valence electrons. The van der Waals surface area contributed by atoms with E-state index in [0.717, 1.165) is 19.4 Å². The molecule has 1 heterocycles. The lowest BCUT2D eigenvalue weighted by atomic mass is 10.0. The molecule has 1 aromatic carbocycles. The molecule has 3 heteroatoms. The van der Waals surface area contributed by atoms with Crippen LogP contribution in [0.4, 0.5) is 0 Å². The number of likely N-dealkylation sites (N-methyl/N-ethyl adjacent to an activating group) is 1. The Labute approximate surface area is 122 Å². The fourth-order valence-corrected chi connectivity index (χ4v) is 2.59. The van der Waals surface area contributed by atoms with E-state index < -0.39 is 0 Å². The first-order valence-electron chi connectivity index (χ1n) is 7.53. The van der Waals surface area contributed by atoms with Crippen molar-refractivity contribution < 1.29 is 0 Å². The molecule has 0 radical (unpaired) electrons. The molecule has 0 aliphatic carbocycles. The summed E-state index contributed by atoms with van der Waals surface area (Å²) < 4.78 is 1.88. The van der Waals surface area contributed by atoms with E-state index in [1.807, 2.05) is 17.9 Å². The van der Waals surface area contributed by atoms with Crippen molar-refractivity contribution in [2.75, 3.05) is 6.54 Å². The summed E-state index contributed by atoms with van der Waals surface area (Å²) in [5.41, 5.74) is 2.61. The molecule has 2 rings (SSSR count). The summed E-state index contributed by atoms with van der Waals surface area (Å²) in [5.74, 6) is 0. The Morgan fingerprint density at radius 3 is 2.65 bits per heavy atom. The molecule has 3 nitrogen and oxygen atoms in total. The van der Waals surface area contributed by atoms with Crippen LogP contribution in [0.1, 0.15) is 31.0 Å². The first-order valence-corrected chi connectivity index (χ1v) is 7.53. The van der Waals surface area contributed by atoms with Gasteiger partial charge in [-0.25, -0.2) is 0 Å². The van der Waals surface area contributed by atoms with E-state index in [0.29, 0.717) is 6.04 Å². The third-order valence-corrected chi connectivity index (χ3v) is 3.58. The molecule has 0 aliphatic rings. The topological polar surface area (TPSA) is 29.9 Å². The Morgan fingerprint density at radius 2 is 2.00 bits per heavy atom. The Morgan fingerprint density at radius 1 is 1.20 bits per heavy atom. The molecule has 0 spiro atoms. The average Bonchev–Trinajstić information content (AvgIpc) is 2.85. The largest absolute Gasteiger partial charge is 0.314 e. The molecule has 0 fully saturated rings. The number of aryl methyl sites for hydroxylation is 2. The van der Waals surface area contributed by atoms with E-state index in [2.05, 4.69) is 53.7 Å². The van der Waals surface area contributed by atoms with Crippen LogP contribution in [0.25, 0.3) is 0 Å². The second-order valence-electron chi connectivity index (χ2n) is 5.32. The van der Waals surface area contributed by atoms with Gasteiger partial charge in [-0.05, 0) is 37.4 Å². The van der Waals surface area contributed by atoms with Crippen molar-refractivity contribution in [1.29, 1.82) is 0 Å². The van der Waals surface area contributed by atoms with Gasteiger partial charge in [0, 0.05) is 25.7 Å². The molecule has 1 unspecified atom stereocenters. The second kappa shape index (κ2) is 7.85. The Balaban J connectivity index is 1.80. The van der Waals surface area contributed by atoms with Crippen molar-refractivity contribution in [1.82, 2.24) is 15.1 Å². The van der Waals surface area contributed by atoms with Crippen LogP contribution < -0.4 is 5.32 Å². The van der Waals surface area contributed by atoms with Crippen molar-refractivity contribution in [3.63, 3.8) is 0 Å². The summed E-state index contributed by atoms with van der Waals surface area (Å²) in [6.45, 7) is 3.19. The maximum atomic E-state index is 4.48. The van der Waals surface area contributed by atoms with Crippen molar-refractivity contribution in [3.05, 3.63) is 53.9 Å². The summed E-state index contributed by atoms with van der Waals surface area (Å²) in [7, 11) is 1.97. The molecule has 0 saturated heterocycles. The fraction of sp³-hybridized carbons (Fsp3) is 0.471. The first-order chi connectivity index (χ1) is 9.78. The molecule has 2 aromatic rings. The number of aromatic nitrogens is 2. The normalized spacial score (nSPS) is 12.5. The van der Waals surface area contributed by atoms with E-state index in [9.17, 15) is 0 Å². The third-order valence-electron chi connectivity index (χ3n) is 3.58. The predicted molar refractivity (Wildman–Crippen MR) is 83.8 cm³/mol. The molecule has 1 atom stereocenters. The molecule has 0 bridgehead atoms. The predicted octanol–water partition coefficient (Wildman–Crippen LogP) is 2.96. The van der Waals surface area contributed by atoms with Gasteiger partial charge in [-0.15, -0.1) is 0 Å². The van der Waals surface area contributed by atoms with Crippen LogP contribution in [0.2, 0.25) is 0 Å². The van der Waals surface area contributed by atoms with Gasteiger partial charge in [-0.1, -0.05) is 37.3 Å². The minimum Gasteiger partial charge on any atom is -0.314 e. The van der Waals surface area contributed by atoms with E-state index >= 15 is 0 Å². The van der Waals surface area contributed by atoms with E-state index in [-0.39, 0.29) is 0 Å². The maximum Gasteiger partial charge on any atom is 0.0639 e. The van der Waals surface area contributed by atoms with Crippen molar-refractivity contribution in [3.8, 4) is 0 Å². The zero-order chi connectivity index (χ0) is 14.2. The van der Waals surface area contributed by atoms with Gasteiger partial charge < -0.3 is 5.32 Å². The summed E-state index contributed by atoms with van der Waals surface area (Å²) in [4.78, 5) is 0. The number of benzene rings is 1. The van der Waals surface area contributed by atoms with Crippen LogP contribution in [0, 0.1) is 0 Å². The van der Waals surface area contributed by atoms with Gasteiger partial charge in [0.1, 0.15) is 0 Å². The van der Waals surface area contributed by atoms with E-state index in [1.54, 1.807) is 0 Å². The molecule has 20 heavy (non-hydrogen) atoms. The summed E-state index contributed by atoms with van der Waals surface area (Å²) in [6.07, 6.45) is 6.60. The molecule has 0 amide bonds. The lowest BCUT2D eigenvalue weighted by molar-refractivity contribution is 0.470. The summed E-state index contributed by atoms with van der Waals surface area (Å²) in [5, 5.41) is 8.05. The zero-order valence-electron chi connectivity index (χ0n) is 12.5. The van der Waals surface area contributed by atoms with Crippen LogP contribution in [-0.4, -0.2) is 22.4 Å². The quantitative estimate of drug-likeness (QED) is 0.800. The standard InChI is InChI=1S/C17H25N3/c1-3-18-16(14-17-12-13-20(2)19-17)11-7-10-15-8-5-4-6-9-15/h4-6,8-9,12-13,16,18H,3,7,10-11,14H2,1-2H3. The Bertz CT molecular complexity index is 490. The van der Waals surface area contributed by atoms with Crippen LogP contribution in [-0.2, 0) is 19.9 Å².